The van der Waals surface area contributed by atoms with Crippen molar-refractivity contribution in [1.29, 1.82) is 0 Å². The van der Waals surface area contributed by atoms with Crippen LogP contribution in [0.25, 0.3) is 5.83 Å². The number of rotatable bonds is 7. The molecule has 3 rings (SSSR count). The second-order valence-electron chi connectivity index (χ2n) is 10.1. The normalized spacial score (nSPS) is 16.2. The number of likely N-dealkylation sites (N-methyl/N-ethyl adjacent to an activating group) is 1. The minimum atomic E-state index is -5.30. The van der Waals surface area contributed by atoms with E-state index in [0.717, 1.165) is 19.2 Å². The molecular weight excluding hydrogens is 610 g/mol. The van der Waals surface area contributed by atoms with Crippen molar-refractivity contribution in [3.8, 4) is 0 Å². The molecule has 0 heterocycles. The van der Waals surface area contributed by atoms with Crippen molar-refractivity contribution in [3.05, 3.63) is 74.8 Å². The van der Waals surface area contributed by atoms with Crippen LogP contribution in [-0.2, 0) is 11.0 Å². The minimum Gasteiger partial charge on any atom is -0.338 e. The van der Waals surface area contributed by atoms with Gasteiger partial charge in [-0.1, -0.05) is 29.8 Å². The zero-order chi connectivity index (χ0) is 32.0. The standard InChI is InChI=1S/C27H23ClF10N2O2/c1-13-8-16(9-14(2)21(13)28)18(26(33,34)35)11-20(29)15-4-5-17(19(10-15)27(36,37)38)22(41)39-24(6-7-24)23(42)40(3)12-25(30,31)32/h4-5,8-11,18H,6-7,12H2,1-3H3,(H,39,41)/b20-11-. The van der Waals surface area contributed by atoms with Crippen molar-refractivity contribution in [2.24, 2.45) is 0 Å². The zero-order valence-electron chi connectivity index (χ0n) is 22.1. The summed E-state index contributed by atoms with van der Waals surface area (Å²) in [6.45, 7) is 1.20. The second kappa shape index (κ2) is 11.4. The monoisotopic (exact) mass is 632 g/mol. The summed E-state index contributed by atoms with van der Waals surface area (Å²) in [5.74, 6) is -6.87. The number of nitrogens with one attached hydrogen (secondary N) is 1. The number of carbonyl (C=O) groups excluding carboxylic acids is 2. The lowest BCUT2D eigenvalue weighted by atomic mass is 9.93. The summed E-state index contributed by atoms with van der Waals surface area (Å²) in [7, 11) is 0.813. The maximum absolute atomic E-state index is 15.1. The van der Waals surface area contributed by atoms with Crippen molar-refractivity contribution in [2.75, 3.05) is 13.6 Å². The van der Waals surface area contributed by atoms with Crippen LogP contribution in [0.15, 0.2) is 36.4 Å². The smallest absolute Gasteiger partial charge is 0.338 e. The third kappa shape index (κ3) is 7.56. The average molecular weight is 633 g/mol. The first-order chi connectivity index (χ1) is 19.1. The van der Waals surface area contributed by atoms with E-state index in [2.05, 4.69) is 0 Å². The number of alkyl halides is 9. The van der Waals surface area contributed by atoms with Gasteiger partial charge in [-0.25, -0.2) is 4.39 Å². The summed E-state index contributed by atoms with van der Waals surface area (Å²) in [6.07, 6.45) is -15.3. The van der Waals surface area contributed by atoms with Gasteiger partial charge in [0.05, 0.1) is 11.1 Å². The van der Waals surface area contributed by atoms with Crippen LogP contribution in [0.3, 0.4) is 0 Å². The molecule has 1 aliphatic carbocycles. The average Bonchev–Trinajstić information content (AvgIpc) is 3.62. The molecule has 0 radical (unpaired) electrons. The number of hydrogen-bond donors (Lipinski definition) is 1. The molecule has 0 saturated heterocycles. The van der Waals surface area contributed by atoms with E-state index >= 15 is 4.39 Å². The van der Waals surface area contributed by atoms with Crippen LogP contribution in [0.1, 0.15) is 56.9 Å². The number of carbonyl (C=O) groups is 2. The van der Waals surface area contributed by atoms with E-state index in [9.17, 15) is 49.1 Å². The fraction of sp³-hybridized carbons (Fsp3) is 0.407. The molecule has 0 bridgehead atoms. The van der Waals surface area contributed by atoms with E-state index in [1.807, 2.05) is 5.32 Å². The van der Waals surface area contributed by atoms with Crippen molar-refractivity contribution in [2.45, 2.75) is 56.7 Å². The molecule has 1 atom stereocenters. The third-order valence-electron chi connectivity index (χ3n) is 6.60. The van der Waals surface area contributed by atoms with Gasteiger partial charge in [-0.3, -0.25) is 9.59 Å². The highest BCUT2D eigenvalue weighted by Gasteiger charge is 2.54. The van der Waals surface area contributed by atoms with E-state index in [0.29, 0.717) is 12.1 Å². The van der Waals surface area contributed by atoms with Crippen molar-refractivity contribution < 1.29 is 53.5 Å². The fourth-order valence-corrected chi connectivity index (χ4v) is 4.52. The summed E-state index contributed by atoms with van der Waals surface area (Å²) in [4.78, 5) is 25.5. The first kappa shape index (κ1) is 33.2. The summed E-state index contributed by atoms with van der Waals surface area (Å²) < 4.78 is 137. The lowest BCUT2D eigenvalue weighted by Gasteiger charge is -2.25. The Labute approximate surface area is 238 Å². The molecule has 230 valence electrons. The Morgan fingerprint density at radius 2 is 1.55 bits per heavy atom. The maximum atomic E-state index is 15.1. The molecule has 1 unspecified atom stereocenters. The van der Waals surface area contributed by atoms with Crippen LogP contribution >= 0.6 is 11.6 Å². The molecule has 2 aromatic carbocycles. The van der Waals surface area contributed by atoms with E-state index in [4.69, 9.17) is 11.6 Å². The first-order valence-corrected chi connectivity index (χ1v) is 12.5. The Hall–Kier alpha value is -3.29. The predicted molar refractivity (Wildman–Crippen MR) is 133 cm³/mol. The number of nitrogens with zero attached hydrogens (tertiary/aromatic N) is 1. The highest BCUT2D eigenvalue weighted by molar-refractivity contribution is 6.32. The molecule has 2 aromatic rings. The van der Waals surface area contributed by atoms with Gasteiger partial charge in [0.15, 0.2) is 0 Å². The van der Waals surface area contributed by atoms with Gasteiger partial charge in [0.25, 0.3) is 5.91 Å². The van der Waals surface area contributed by atoms with Gasteiger partial charge in [0.2, 0.25) is 5.91 Å². The molecule has 0 spiro atoms. The Kier molecular flexibility index (Phi) is 9.03. The van der Waals surface area contributed by atoms with Crippen molar-refractivity contribution in [3.63, 3.8) is 0 Å². The zero-order valence-corrected chi connectivity index (χ0v) is 22.8. The first-order valence-electron chi connectivity index (χ1n) is 12.1. The SMILES string of the molecule is Cc1cc(C(/C=C(\F)c2ccc(C(=O)NC3(C(=O)N(C)CC(F)(F)F)CC3)c(C(F)(F)F)c2)C(F)(F)F)cc(C)c1Cl. The second-order valence-corrected chi connectivity index (χ2v) is 10.5. The summed E-state index contributed by atoms with van der Waals surface area (Å²) in [6, 6.07) is 3.46. The van der Waals surface area contributed by atoms with Gasteiger partial charge in [-0.2, -0.15) is 39.5 Å². The Bertz CT molecular complexity index is 1390. The molecule has 15 heteroatoms. The minimum absolute atomic E-state index is 0.103. The van der Waals surface area contributed by atoms with Crippen LogP contribution in [-0.4, -0.2) is 48.2 Å². The van der Waals surface area contributed by atoms with Gasteiger partial charge in [-0.05, 0) is 61.6 Å². The Morgan fingerprint density at radius 1 is 1.00 bits per heavy atom. The van der Waals surface area contributed by atoms with E-state index < -0.39 is 76.4 Å². The number of aryl methyl sites for hydroxylation is 2. The molecular formula is C27H23ClF10N2O2. The third-order valence-corrected chi connectivity index (χ3v) is 7.20. The van der Waals surface area contributed by atoms with Crippen LogP contribution in [0.2, 0.25) is 5.02 Å². The molecule has 1 aliphatic rings. The molecule has 0 aliphatic heterocycles. The molecule has 42 heavy (non-hydrogen) atoms. The van der Waals surface area contributed by atoms with Gasteiger partial charge < -0.3 is 10.2 Å². The molecule has 1 saturated carbocycles. The van der Waals surface area contributed by atoms with E-state index in [-0.39, 0.29) is 46.0 Å². The fourth-order valence-electron chi connectivity index (χ4n) is 4.41. The largest absolute Gasteiger partial charge is 0.417 e. The van der Waals surface area contributed by atoms with Crippen molar-refractivity contribution in [1.82, 2.24) is 10.2 Å². The molecule has 2 amide bonds. The van der Waals surface area contributed by atoms with Crippen LogP contribution in [0.5, 0.6) is 0 Å². The molecule has 1 N–H and O–H groups in total. The van der Waals surface area contributed by atoms with Gasteiger partial charge >= 0.3 is 18.5 Å². The molecule has 1 fully saturated rings. The number of amides is 2. The lowest BCUT2D eigenvalue weighted by molar-refractivity contribution is -0.160. The maximum Gasteiger partial charge on any atom is 0.417 e. The highest BCUT2D eigenvalue weighted by Crippen LogP contribution is 2.42. The van der Waals surface area contributed by atoms with Crippen molar-refractivity contribution >= 4 is 29.2 Å². The Balaban J connectivity index is 1.97. The number of allylic oxidation sites excluding steroid dienone is 1. The molecule has 4 nitrogen and oxygen atoms in total. The Morgan fingerprint density at radius 3 is 2.00 bits per heavy atom. The van der Waals surface area contributed by atoms with Crippen LogP contribution < -0.4 is 5.32 Å². The van der Waals surface area contributed by atoms with Crippen LogP contribution in [0, 0.1) is 13.8 Å². The number of halogens is 11. The predicted octanol–water partition coefficient (Wildman–Crippen LogP) is 7.92. The van der Waals surface area contributed by atoms with Crippen LogP contribution in [0.4, 0.5) is 43.9 Å². The van der Waals surface area contributed by atoms with Gasteiger partial charge in [0, 0.05) is 17.6 Å². The highest BCUT2D eigenvalue weighted by atomic mass is 35.5. The quantitative estimate of drug-likeness (QED) is 0.316. The topological polar surface area (TPSA) is 49.4 Å². The lowest BCUT2D eigenvalue weighted by Crippen LogP contribution is -2.51. The summed E-state index contributed by atoms with van der Waals surface area (Å²) >= 11 is 6.00. The number of benzene rings is 2. The summed E-state index contributed by atoms with van der Waals surface area (Å²) in [5.41, 5.74) is -5.49. The molecule has 0 aromatic heterocycles. The van der Waals surface area contributed by atoms with Gasteiger partial charge in [0.1, 0.15) is 23.8 Å². The van der Waals surface area contributed by atoms with E-state index in [1.54, 1.807) is 0 Å². The van der Waals surface area contributed by atoms with Gasteiger partial charge in [-0.15, -0.1) is 0 Å². The summed E-state index contributed by atoms with van der Waals surface area (Å²) in [5, 5.41) is 2.22. The van der Waals surface area contributed by atoms with E-state index in [1.165, 1.54) is 13.8 Å². The number of hydrogen-bond acceptors (Lipinski definition) is 2.